The van der Waals surface area contributed by atoms with Crippen molar-refractivity contribution in [1.82, 2.24) is 4.98 Å². The largest absolute Gasteiger partial charge is 0.477 e. The van der Waals surface area contributed by atoms with Crippen LogP contribution < -0.4 is 0 Å². The fourth-order valence-corrected chi connectivity index (χ4v) is 0.489. The van der Waals surface area contributed by atoms with Gasteiger partial charge in [0.25, 0.3) is 0 Å². The van der Waals surface area contributed by atoms with Crippen LogP contribution in [0.1, 0.15) is 10.5 Å². The first-order valence-electron chi connectivity index (χ1n) is 2.45. The molecule has 3 nitrogen and oxygen atoms in total. The molecule has 0 aromatic carbocycles. The van der Waals surface area contributed by atoms with Crippen LogP contribution in [0.15, 0.2) is 24.4 Å². The van der Waals surface area contributed by atoms with Crippen LogP contribution in [0, 0.1) is 0 Å². The molecule has 0 saturated carbocycles. The molecule has 4 heteroatoms. The molecule has 0 bridgehead atoms. The maximum atomic E-state index is 10.1. The molecule has 1 aromatic heterocycles. The predicted molar refractivity (Wildman–Crippen MR) is 31.2 cm³/mol. The molecule has 0 aliphatic carbocycles. The molecule has 0 fully saturated rings. The number of pyridine rings is 1. The van der Waals surface area contributed by atoms with E-state index in [0.29, 0.717) is 0 Å². The zero-order valence-electron chi connectivity index (χ0n) is 4.97. The van der Waals surface area contributed by atoms with Gasteiger partial charge in [0.05, 0.1) is 0 Å². The molecule has 54 valence electrons. The summed E-state index contributed by atoms with van der Waals surface area (Å²) in [4.78, 5) is 13.7. The fourth-order valence-electron chi connectivity index (χ4n) is 0.489. The molecule has 0 amide bonds. The van der Waals surface area contributed by atoms with E-state index in [1.807, 2.05) is 0 Å². The van der Waals surface area contributed by atoms with Gasteiger partial charge < -0.3 is 5.11 Å². The summed E-state index contributed by atoms with van der Waals surface area (Å²) in [6, 6.07) is 4.76. The average molecular weight is 224 g/mol. The van der Waals surface area contributed by atoms with E-state index in [9.17, 15) is 4.79 Å². The van der Waals surface area contributed by atoms with Crippen molar-refractivity contribution in [3.05, 3.63) is 30.1 Å². The number of carboxylic acids is 1. The molecule has 1 rings (SSSR count). The van der Waals surface area contributed by atoms with Crippen LogP contribution in [0.4, 0.5) is 0 Å². The minimum absolute atomic E-state index is 0. The number of hydrogen-bond donors (Lipinski definition) is 1. The Morgan fingerprint density at radius 2 is 2.20 bits per heavy atom. The monoisotopic (exact) mass is 225 g/mol. The Hall–Kier alpha value is -0.757. The van der Waals surface area contributed by atoms with Crippen molar-refractivity contribution < 1.29 is 29.4 Å². The molecular weight excluding hydrogens is 219 g/mol. The van der Waals surface area contributed by atoms with Crippen molar-refractivity contribution in [1.29, 1.82) is 0 Å². The number of hydrogen-bond acceptors (Lipinski definition) is 2. The predicted octanol–water partition coefficient (Wildman–Crippen LogP) is 0.777. The fraction of sp³-hybridized carbons (Fsp3) is 0. The third-order valence-corrected chi connectivity index (χ3v) is 0.884. The Bertz CT molecular complexity index is 212. The van der Waals surface area contributed by atoms with Crippen molar-refractivity contribution in [3.8, 4) is 0 Å². The topological polar surface area (TPSA) is 50.2 Å². The first kappa shape index (κ1) is 9.24. The molecule has 1 N–H and O–H groups in total. The van der Waals surface area contributed by atoms with Gasteiger partial charge in [-0.25, -0.2) is 9.78 Å². The van der Waals surface area contributed by atoms with E-state index < -0.39 is 5.97 Å². The second kappa shape index (κ2) is 4.12. The molecule has 1 heterocycles. The van der Waals surface area contributed by atoms with Crippen molar-refractivity contribution >= 4 is 5.97 Å². The van der Waals surface area contributed by atoms with Crippen LogP contribution in [0.2, 0.25) is 0 Å². The Labute approximate surface area is 70.9 Å². The van der Waals surface area contributed by atoms with E-state index in [4.69, 9.17) is 5.11 Å². The van der Waals surface area contributed by atoms with E-state index in [-0.39, 0.29) is 25.2 Å². The summed E-state index contributed by atoms with van der Waals surface area (Å²) in [5.74, 6) is -0.990. The van der Waals surface area contributed by atoms with Crippen molar-refractivity contribution in [2.75, 3.05) is 0 Å². The molecule has 0 unspecified atom stereocenters. The minimum Gasteiger partial charge on any atom is -0.477 e. The molecule has 10 heavy (non-hydrogen) atoms. The van der Waals surface area contributed by atoms with Crippen molar-refractivity contribution in [2.45, 2.75) is 0 Å². The van der Waals surface area contributed by atoms with E-state index >= 15 is 0 Å². The van der Waals surface area contributed by atoms with E-state index in [1.165, 1.54) is 12.3 Å². The smallest absolute Gasteiger partial charge is 0.354 e. The van der Waals surface area contributed by atoms with Crippen LogP contribution in [0.25, 0.3) is 0 Å². The Balaban J connectivity index is 0.000000810. The van der Waals surface area contributed by atoms with E-state index in [0.717, 1.165) is 0 Å². The van der Waals surface area contributed by atoms with Gasteiger partial charge in [0.2, 0.25) is 0 Å². The normalized spacial score (nSPS) is 8.00. The van der Waals surface area contributed by atoms with Gasteiger partial charge in [0, 0.05) is 25.7 Å². The summed E-state index contributed by atoms with van der Waals surface area (Å²) in [5, 5.41) is 8.32. The molecule has 0 atom stereocenters. The van der Waals surface area contributed by atoms with Crippen molar-refractivity contribution in [3.63, 3.8) is 0 Å². The van der Waals surface area contributed by atoms with Gasteiger partial charge in [0.15, 0.2) is 0 Å². The maximum Gasteiger partial charge on any atom is 0.354 e. The molecule has 0 radical (unpaired) electrons. The van der Waals surface area contributed by atoms with Gasteiger partial charge in [-0.05, 0) is 12.1 Å². The SMILES string of the molecule is O=C(O)c1ccccn1.[Ru]. The van der Waals surface area contributed by atoms with Gasteiger partial charge in [-0.1, -0.05) is 6.07 Å². The summed E-state index contributed by atoms with van der Waals surface area (Å²) < 4.78 is 0. The zero-order valence-corrected chi connectivity index (χ0v) is 6.70. The van der Waals surface area contributed by atoms with Crippen molar-refractivity contribution in [2.24, 2.45) is 0 Å². The second-order valence-electron chi connectivity index (χ2n) is 1.52. The van der Waals surface area contributed by atoms with E-state index in [1.54, 1.807) is 12.1 Å². The summed E-state index contributed by atoms with van der Waals surface area (Å²) in [5.41, 5.74) is 0.0810. The first-order valence-corrected chi connectivity index (χ1v) is 2.45. The molecule has 0 aliphatic heterocycles. The van der Waals surface area contributed by atoms with Crippen LogP contribution in [0.5, 0.6) is 0 Å². The number of carbonyl (C=O) groups is 1. The second-order valence-corrected chi connectivity index (χ2v) is 1.52. The third-order valence-electron chi connectivity index (χ3n) is 0.884. The van der Waals surface area contributed by atoms with Gasteiger partial charge in [-0.3, -0.25) is 0 Å². The zero-order chi connectivity index (χ0) is 6.69. The number of nitrogens with zero attached hydrogens (tertiary/aromatic N) is 1. The quantitative estimate of drug-likeness (QED) is 0.717. The summed E-state index contributed by atoms with van der Waals surface area (Å²) in [6.45, 7) is 0. The Morgan fingerprint density at radius 3 is 2.50 bits per heavy atom. The van der Waals surface area contributed by atoms with Crippen LogP contribution in [0.3, 0.4) is 0 Å². The van der Waals surface area contributed by atoms with Gasteiger partial charge >= 0.3 is 5.97 Å². The van der Waals surface area contributed by atoms with Gasteiger partial charge in [0.1, 0.15) is 5.69 Å². The summed E-state index contributed by atoms with van der Waals surface area (Å²) in [6.07, 6.45) is 1.45. The van der Waals surface area contributed by atoms with E-state index in [2.05, 4.69) is 4.98 Å². The van der Waals surface area contributed by atoms with Crippen LogP contribution in [-0.4, -0.2) is 16.1 Å². The summed E-state index contributed by atoms with van der Waals surface area (Å²) >= 11 is 0. The third kappa shape index (κ3) is 2.23. The molecule has 0 aliphatic rings. The number of aromatic carboxylic acids is 1. The molecular formula is C6H5NO2Ru. The molecule has 1 aromatic rings. The Morgan fingerprint density at radius 1 is 1.50 bits per heavy atom. The van der Waals surface area contributed by atoms with Gasteiger partial charge in [-0.2, -0.15) is 0 Å². The molecule has 0 saturated heterocycles. The molecule has 0 spiro atoms. The standard InChI is InChI=1S/C6H5NO2.Ru/c8-6(9)5-3-1-2-4-7-5;/h1-4H,(H,8,9);. The number of aromatic nitrogens is 1. The Kier molecular flexibility index (Phi) is 3.81. The van der Waals surface area contributed by atoms with Crippen LogP contribution in [-0.2, 0) is 19.5 Å². The number of carboxylic acid groups (broad SMARTS) is 1. The summed E-state index contributed by atoms with van der Waals surface area (Å²) in [7, 11) is 0. The minimum atomic E-state index is -0.990. The van der Waals surface area contributed by atoms with Crippen LogP contribution >= 0.6 is 0 Å². The van der Waals surface area contributed by atoms with Gasteiger partial charge in [-0.15, -0.1) is 0 Å². The number of rotatable bonds is 1. The first-order chi connectivity index (χ1) is 4.30. The average Bonchev–Trinajstić information content (AvgIpc) is 1.90. The maximum absolute atomic E-state index is 10.1.